The third kappa shape index (κ3) is 3.86. The van der Waals surface area contributed by atoms with Gasteiger partial charge in [-0.3, -0.25) is 4.79 Å². The van der Waals surface area contributed by atoms with Gasteiger partial charge < -0.3 is 19.2 Å². The first kappa shape index (κ1) is 19.5. The summed E-state index contributed by atoms with van der Waals surface area (Å²) < 4.78 is 16.2. The number of anilines is 1. The summed E-state index contributed by atoms with van der Waals surface area (Å²) in [6, 6.07) is 11.0. The molecule has 0 saturated carbocycles. The predicted molar refractivity (Wildman–Crippen MR) is 107 cm³/mol. The first-order chi connectivity index (χ1) is 13.3. The van der Waals surface area contributed by atoms with Gasteiger partial charge in [0, 0.05) is 16.6 Å². The lowest BCUT2D eigenvalue weighted by Gasteiger charge is -2.14. The molecular weight excluding hydrogens is 358 g/mol. The summed E-state index contributed by atoms with van der Waals surface area (Å²) >= 11 is 0. The lowest BCUT2D eigenvalue weighted by atomic mass is 10.1. The van der Waals surface area contributed by atoms with E-state index in [0.717, 1.165) is 16.5 Å². The molecule has 28 heavy (non-hydrogen) atoms. The fourth-order valence-electron chi connectivity index (χ4n) is 2.89. The molecule has 2 aromatic carbocycles. The van der Waals surface area contributed by atoms with Gasteiger partial charge in [0.25, 0.3) is 5.91 Å². The van der Waals surface area contributed by atoms with E-state index in [1.807, 2.05) is 32.0 Å². The molecule has 0 saturated heterocycles. The molecule has 0 radical (unpaired) electrons. The minimum Gasteiger partial charge on any atom is -0.497 e. The van der Waals surface area contributed by atoms with E-state index < -0.39 is 18.0 Å². The highest BCUT2D eigenvalue weighted by Gasteiger charge is 2.24. The van der Waals surface area contributed by atoms with Crippen LogP contribution in [0.4, 0.5) is 5.69 Å². The number of nitrogens with one attached hydrogen (secondary N) is 1. The summed E-state index contributed by atoms with van der Waals surface area (Å²) in [6.07, 6.45) is -0.977. The zero-order valence-electron chi connectivity index (χ0n) is 16.6. The van der Waals surface area contributed by atoms with E-state index in [2.05, 4.69) is 5.32 Å². The third-order valence-corrected chi connectivity index (χ3v) is 4.63. The molecule has 0 aliphatic rings. The van der Waals surface area contributed by atoms with Gasteiger partial charge in [-0.1, -0.05) is 12.1 Å². The van der Waals surface area contributed by atoms with Crippen LogP contribution in [0, 0.1) is 20.8 Å². The van der Waals surface area contributed by atoms with Crippen LogP contribution in [0.15, 0.2) is 40.8 Å². The number of carbonyl (C=O) groups is 2. The molecule has 0 unspecified atom stereocenters. The minimum atomic E-state index is -0.977. The summed E-state index contributed by atoms with van der Waals surface area (Å²) in [4.78, 5) is 25.0. The van der Waals surface area contributed by atoms with Gasteiger partial charge >= 0.3 is 5.97 Å². The lowest BCUT2D eigenvalue weighted by Crippen LogP contribution is -2.30. The van der Waals surface area contributed by atoms with Gasteiger partial charge in [0.05, 0.1) is 7.11 Å². The Kier molecular flexibility index (Phi) is 5.40. The Labute approximate surface area is 163 Å². The monoisotopic (exact) mass is 381 g/mol. The minimum absolute atomic E-state index is 0.0784. The highest BCUT2D eigenvalue weighted by molar-refractivity contribution is 5.99. The molecule has 0 spiro atoms. The van der Waals surface area contributed by atoms with E-state index in [-0.39, 0.29) is 5.76 Å². The van der Waals surface area contributed by atoms with E-state index >= 15 is 0 Å². The maximum Gasteiger partial charge on any atom is 0.375 e. The number of hydrogen-bond acceptors (Lipinski definition) is 5. The van der Waals surface area contributed by atoms with E-state index in [9.17, 15) is 9.59 Å². The molecule has 146 valence electrons. The summed E-state index contributed by atoms with van der Waals surface area (Å²) in [7, 11) is 1.57. The number of fused-ring (bicyclic) bond motifs is 1. The summed E-state index contributed by atoms with van der Waals surface area (Å²) in [6.45, 7) is 7.14. The average Bonchev–Trinajstić information content (AvgIpc) is 3.00. The Morgan fingerprint density at radius 1 is 1.07 bits per heavy atom. The van der Waals surface area contributed by atoms with E-state index in [4.69, 9.17) is 13.9 Å². The van der Waals surface area contributed by atoms with Crippen LogP contribution in [0.25, 0.3) is 11.0 Å². The van der Waals surface area contributed by atoms with Gasteiger partial charge in [0.1, 0.15) is 11.3 Å². The molecule has 1 aromatic heterocycles. The number of aryl methyl sites for hydroxylation is 3. The van der Waals surface area contributed by atoms with Crippen molar-refractivity contribution < 1.29 is 23.5 Å². The van der Waals surface area contributed by atoms with Crippen LogP contribution in [0.3, 0.4) is 0 Å². The van der Waals surface area contributed by atoms with E-state index in [1.54, 1.807) is 32.2 Å². The quantitative estimate of drug-likeness (QED) is 0.656. The number of carbonyl (C=O) groups excluding carboxylic acids is 2. The number of furan rings is 1. The van der Waals surface area contributed by atoms with E-state index in [1.165, 1.54) is 6.92 Å². The van der Waals surface area contributed by atoms with Crippen molar-refractivity contribution in [3.63, 3.8) is 0 Å². The molecule has 0 fully saturated rings. The normalized spacial score (nSPS) is 11.9. The van der Waals surface area contributed by atoms with Crippen LogP contribution in [-0.4, -0.2) is 25.1 Å². The Morgan fingerprint density at radius 3 is 2.54 bits per heavy atom. The van der Waals surface area contributed by atoms with Gasteiger partial charge in [0.15, 0.2) is 6.10 Å². The summed E-state index contributed by atoms with van der Waals surface area (Å²) in [5.41, 5.74) is 3.84. The third-order valence-electron chi connectivity index (χ3n) is 4.63. The van der Waals surface area contributed by atoms with Gasteiger partial charge in [0.2, 0.25) is 5.76 Å². The number of methoxy groups -OCH3 is 1. The van der Waals surface area contributed by atoms with Gasteiger partial charge in [-0.2, -0.15) is 0 Å². The number of esters is 1. The fraction of sp³-hybridized carbons (Fsp3) is 0.273. The predicted octanol–water partition coefficient (Wildman–Crippen LogP) is 4.55. The zero-order chi connectivity index (χ0) is 20.4. The van der Waals surface area contributed by atoms with Crippen molar-refractivity contribution in [1.82, 2.24) is 0 Å². The van der Waals surface area contributed by atoms with Crippen LogP contribution in [-0.2, 0) is 9.53 Å². The Morgan fingerprint density at radius 2 is 1.82 bits per heavy atom. The number of ether oxygens (including phenoxy) is 2. The van der Waals surface area contributed by atoms with Crippen molar-refractivity contribution in [1.29, 1.82) is 0 Å². The Hall–Kier alpha value is -3.28. The topological polar surface area (TPSA) is 77.8 Å². The van der Waals surface area contributed by atoms with Crippen LogP contribution in [0.5, 0.6) is 5.75 Å². The summed E-state index contributed by atoms with van der Waals surface area (Å²) in [5.74, 6) is -0.346. The number of rotatable bonds is 5. The smallest absolute Gasteiger partial charge is 0.375 e. The first-order valence-corrected chi connectivity index (χ1v) is 8.96. The molecule has 1 amide bonds. The SMILES string of the molecule is COc1ccc2oc(C(=O)O[C@H](C)C(=O)Nc3cc(C)ccc3C)c(C)c2c1. The highest BCUT2D eigenvalue weighted by Crippen LogP contribution is 2.29. The number of hydrogen-bond donors (Lipinski definition) is 1. The maximum absolute atomic E-state index is 12.6. The van der Waals surface area contributed by atoms with Crippen molar-refractivity contribution in [2.24, 2.45) is 0 Å². The maximum atomic E-state index is 12.6. The molecule has 3 rings (SSSR count). The van der Waals surface area contributed by atoms with Gasteiger partial charge in [-0.25, -0.2) is 4.79 Å². The largest absolute Gasteiger partial charge is 0.497 e. The van der Waals surface area contributed by atoms with Crippen LogP contribution < -0.4 is 10.1 Å². The second-order valence-electron chi connectivity index (χ2n) is 6.77. The van der Waals surface area contributed by atoms with Crippen molar-refractivity contribution in [2.75, 3.05) is 12.4 Å². The molecule has 0 bridgehead atoms. The molecule has 6 nitrogen and oxygen atoms in total. The lowest BCUT2D eigenvalue weighted by molar-refractivity contribution is -0.123. The zero-order valence-corrected chi connectivity index (χ0v) is 16.6. The second-order valence-corrected chi connectivity index (χ2v) is 6.77. The van der Waals surface area contributed by atoms with Crippen LogP contribution in [0.1, 0.15) is 34.2 Å². The molecule has 1 N–H and O–H groups in total. The molecule has 0 aliphatic heterocycles. The highest BCUT2D eigenvalue weighted by atomic mass is 16.6. The molecule has 3 aromatic rings. The molecule has 6 heteroatoms. The van der Waals surface area contributed by atoms with Crippen LogP contribution >= 0.6 is 0 Å². The molecular formula is C22H23NO5. The fourth-order valence-corrected chi connectivity index (χ4v) is 2.89. The summed E-state index contributed by atoms with van der Waals surface area (Å²) in [5, 5.41) is 3.56. The van der Waals surface area contributed by atoms with Gasteiger partial charge in [-0.15, -0.1) is 0 Å². The number of amides is 1. The second kappa shape index (κ2) is 7.76. The average molecular weight is 381 g/mol. The molecule has 0 aliphatic carbocycles. The standard InChI is InChI=1S/C22H23NO5/c1-12-6-7-13(2)18(10-12)23-21(24)15(4)27-22(25)20-14(3)17-11-16(26-5)8-9-19(17)28-20/h6-11,15H,1-5H3,(H,23,24)/t15-/m1/s1. The van der Waals surface area contributed by atoms with Crippen molar-refractivity contribution in [3.8, 4) is 5.75 Å². The molecule has 1 heterocycles. The Balaban J connectivity index is 1.75. The van der Waals surface area contributed by atoms with Crippen molar-refractivity contribution >= 4 is 28.5 Å². The van der Waals surface area contributed by atoms with Crippen molar-refractivity contribution in [2.45, 2.75) is 33.8 Å². The van der Waals surface area contributed by atoms with Gasteiger partial charge in [-0.05, 0) is 63.1 Å². The molecule has 1 atom stereocenters. The number of benzene rings is 2. The van der Waals surface area contributed by atoms with Crippen LogP contribution in [0.2, 0.25) is 0 Å². The first-order valence-electron chi connectivity index (χ1n) is 8.96. The Bertz CT molecular complexity index is 1050. The van der Waals surface area contributed by atoms with E-state index in [0.29, 0.717) is 22.6 Å². The van der Waals surface area contributed by atoms with Crippen molar-refractivity contribution in [3.05, 3.63) is 58.8 Å².